The van der Waals surface area contributed by atoms with E-state index in [9.17, 15) is 14.7 Å². The van der Waals surface area contributed by atoms with Gasteiger partial charge in [0.2, 0.25) is 0 Å². The van der Waals surface area contributed by atoms with Crippen molar-refractivity contribution in [2.45, 2.75) is 37.2 Å². The summed E-state index contributed by atoms with van der Waals surface area (Å²) in [7, 11) is 0. The molecule has 0 aliphatic rings. The summed E-state index contributed by atoms with van der Waals surface area (Å²) in [4.78, 5) is 21.2. The maximum atomic E-state index is 10.6. The van der Waals surface area contributed by atoms with Gasteiger partial charge in [0.25, 0.3) is 0 Å². The molecule has 0 rings (SSSR count). The molecule has 0 fully saturated rings. The third-order valence-corrected chi connectivity index (χ3v) is 3.50. The number of carbonyl (C=O) groups is 2. The molecule has 166 valence electrons. The number of hydrogen-bond donors (Lipinski definition) is 7. The van der Waals surface area contributed by atoms with Gasteiger partial charge in [-0.2, -0.15) is 0 Å². The van der Waals surface area contributed by atoms with E-state index in [2.05, 4.69) is 5.32 Å². The Morgan fingerprint density at radius 2 is 1.32 bits per heavy atom. The molecule has 1 atom stereocenters. The minimum Gasteiger partial charge on any atom is -0.481 e. The van der Waals surface area contributed by atoms with Crippen LogP contribution in [0.15, 0.2) is 0 Å². The predicted molar refractivity (Wildman–Crippen MR) is 93.6 cm³/mol. The quantitative estimate of drug-likeness (QED) is 0.0861. The van der Waals surface area contributed by atoms with E-state index in [1.165, 1.54) is 0 Å². The molecule has 0 saturated carbocycles. The monoisotopic (exact) mass is 413 g/mol. The predicted octanol–water partition coefficient (Wildman–Crippen LogP) is -2.63. The molecule has 0 bridgehead atoms. The fraction of sp³-hybridized carbons (Fsp3) is 0.875. The molecule has 12 nitrogen and oxygen atoms in total. The van der Waals surface area contributed by atoms with E-state index in [1.807, 2.05) is 0 Å². The second kappa shape index (κ2) is 15.5. The SMILES string of the molecule is O=C(O)CCOCC(COCCC(=O)O)(COCCC(O)O)NCC(O)CO. The highest BCUT2D eigenvalue weighted by atomic mass is 16.5. The molecule has 0 aromatic carbocycles. The van der Waals surface area contributed by atoms with E-state index in [-0.39, 0.29) is 65.4 Å². The van der Waals surface area contributed by atoms with Gasteiger partial charge in [-0.1, -0.05) is 0 Å². The molecule has 0 saturated heterocycles. The largest absolute Gasteiger partial charge is 0.481 e. The Kier molecular flexibility index (Phi) is 14.8. The summed E-state index contributed by atoms with van der Waals surface area (Å²) >= 11 is 0. The minimum atomic E-state index is -1.54. The molecular formula is C16H31NO11. The van der Waals surface area contributed by atoms with Crippen LogP contribution in [0.25, 0.3) is 0 Å². The zero-order valence-electron chi connectivity index (χ0n) is 15.7. The van der Waals surface area contributed by atoms with Crippen molar-refractivity contribution < 1.29 is 54.4 Å². The lowest BCUT2D eigenvalue weighted by Gasteiger charge is -2.35. The maximum absolute atomic E-state index is 10.6. The van der Waals surface area contributed by atoms with Crippen molar-refractivity contribution in [1.29, 1.82) is 0 Å². The van der Waals surface area contributed by atoms with Crippen molar-refractivity contribution >= 4 is 11.9 Å². The van der Waals surface area contributed by atoms with Crippen LogP contribution >= 0.6 is 0 Å². The zero-order chi connectivity index (χ0) is 21.4. The van der Waals surface area contributed by atoms with Gasteiger partial charge in [0.15, 0.2) is 6.29 Å². The van der Waals surface area contributed by atoms with Gasteiger partial charge in [-0.15, -0.1) is 0 Å². The Labute approximate surface area is 162 Å². The molecule has 1 unspecified atom stereocenters. The Hall–Kier alpha value is -1.38. The highest BCUT2D eigenvalue weighted by molar-refractivity contribution is 5.67. The molecule has 0 radical (unpaired) electrons. The molecule has 0 aromatic heterocycles. The number of hydrogen-bond acceptors (Lipinski definition) is 10. The van der Waals surface area contributed by atoms with E-state index < -0.39 is 36.5 Å². The van der Waals surface area contributed by atoms with Gasteiger partial charge >= 0.3 is 11.9 Å². The van der Waals surface area contributed by atoms with Gasteiger partial charge < -0.3 is 50.2 Å². The number of β-amino-alcohol motifs (C(OH)–C–C–N with tert-alkyl or cyclic N) is 1. The summed E-state index contributed by atoms with van der Waals surface area (Å²) in [5.41, 5.74) is -1.09. The average molecular weight is 413 g/mol. The highest BCUT2D eigenvalue weighted by Gasteiger charge is 2.32. The summed E-state index contributed by atoms with van der Waals surface area (Å²) in [6.07, 6.45) is -3.14. The normalized spacial score (nSPS) is 13.0. The Morgan fingerprint density at radius 3 is 1.71 bits per heavy atom. The standard InChI is InChI=1S/C16H31NO11/c18-8-12(19)7-17-16(9-26-4-1-13(20)21,10-27-5-2-14(22)23)11-28-6-3-15(24)25/h12-13,17-21H,1-11H2,(H,22,23)(H,24,25). The lowest BCUT2D eigenvalue weighted by molar-refractivity contribution is -0.139. The minimum absolute atomic E-state index is 0.00605. The average Bonchev–Trinajstić information content (AvgIpc) is 2.63. The summed E-state index contributed by atoms with van der Waals surface area (Å²) in [6, 6.07) is 0. The van der Waals surface area contributed by atoms with E-state index in [0.717, 1.165) is 0 Å². The van der Waals surface area contributed by atoms with E-state index >= 15 is 0 Å². The van der Waals surface area contributed by atoms with Crippen LogP contribution in [0, 0.1) is 0 Å². The van der Waals surface area contributed by atoms with Crippen LogP contribution in [0.2, 0.25) is 0 Å². The molecule has 0 amide bonds. The van der Waals surface area contributed by atoms with Crippen molar-refractivity contribution in [2.75, 3.05) is 52.8 Å². The third-order valence-electron chi connectivity index (χ3n) is 3.50. The van der Waals surface area contributed by atoms with Gasteiger partial charge in [-0.25, -0.2) is 0 Å². The van der Waals surface area contributed by atoms with Gasteiger partial charge in [-0.3, -0.25) is 9.59 Å². The molecule has 7 N–H and O–H groups in total. The fourth-order valence-electron chi connectivity index (χ4n) is 1.99. The molecule has 0 aromatic rings. The number of carboxylic acids is 2. The number of aliphatic carboxylic acids is 2. The summed E-state index contributed by atoms with van der Waals surface area (Å²) in [6.45, 7) is -1.00. The van der Waals surface area contributed by atoms with Crippen molar-refractivity contribution in [3.05, 3.63) is 0 Å². The van der Waals surface area contributed by atoms with Crippen LogP contribution in [-0.4, -0.2) is 113 Å². The van der Waals surface area contributed by atoms with Crippen LogP contribution < -0.4 is 5.32 Å². The summed E-state index contributed by atoms with van der Waals surface area (Å²) in [5.74, 6) is -2.08. The lowest BCUT2D eigenvalue weighted by Crippen LogP contribution is -2.58. The highest BCUT2D eigenvalue weighted by Crippen LogP contribution is 2.11. The number of ether oxygens (including phenoxy) is 3. The first-order chi connectivity index (χ1) is 13.2. The summed E-state index contributed by atoms with van der Waals surface area (Å²) < 4.78 is 16.2. The molecule has 0 spiro atoms. The Morgan fingerprint density at radius 1 is 0.857 bits per heavy atom. The smallest absolute Gasteiger partial charge is 0.305 e. The summed E-state index contributed by atoms with van der Waals surface area (Å²) in [5, 5.41) is 56.7. The molecular weight excluding hydrogens is 382 g/mol. The first-order valence-electron chi connectivity index (χ1n) is 8.77. The van der Waals surface area contributed by atoms with Crippen LogP contribution in [0.1, 0.15) is 19.3 Å². The molecule has 12 heteroatoms. The van der Waals surface area contributed by atoms with Crippen LogP contribution in [-0.2, 0) is 23.8 Å². The number of aliphatic hydroxyl groups excluding tert-OH is 3. The molecule has 0 aliphatic heterocycles. The van der Waals surface area contributed by atoms with Crippen molar-refractivity contribution in [3.63, 3.8) is 0 Å². The number of nitrogens with one attached hydrogen (secondary N) is 1. The molecule has 28 heavy (non-hydrogen) atoms. The topological polar surface area (TPSA) is 195 Å². The number of rotatable bonds is 19. The fourth-order valence-corrected chi connectivity index (χ4v) is 1.99. The second-order valence-electron chi connectivity index (χ2n) is 6.21. The van der Waals surface area contributed by atoms with Crippen molar-refractivity contribution in [3.8, 4) is 0 Å². The van der Waals surface area contributed by atoms with Crippen LogP contribution in [0.3, 0.4) is 0 Å². The first-order valence-corrected chi connectivity index (χ1v) is 8.77. The van der Waals surface area contributed by atoms with Crippen molar-refractivity contribution in [1.82, 2.24) is 5.32 Å². The molecule has 0 heterocycles. The number of carboxylic acid groups (broad SMARTS) is 2. The maximum Gasteiger partial charge on any atom is 0.305 e. The van der Waals surface area contributed by atoms with Crippen molar-refractivity contribution in [2.24, 2.45) is 0 Å². The van der Waals surface area contributed by atoms with Gasteiger partial charge in [0.05, 0.1) is 70.7 Å². The van der Waals surface area contributed by atoms with Gasteiger partial charge in [0.1, 0.15) is 0 Å². The van der Waals surface area contributed by atoms with Crippen LogP contribution in [0.4, 0.5) is 0 Å². The van der Waals surface area contributed by atoms with E-state index in [4.69, 9.17) is 39.7 Å². The Bertz CT molecular complexity index is 411. The zero-order valence-corrected chi connectivity index (χ0v) is 15.7. The van der Waals surface area contributed by atoms with Gasteiger partial charge in [0, 0.05) is 13.0 Å². The first kappa shape index (κ1) is 26.6. The Balaban J connectivity index is 4.94. The lowest BCUT2D eigenvalue weighted by atomic mass is 10.0. The third kappa shape index (κ3) is 14.6. The van der Waals surface area contributed by atoms with E-state index in [0.29, 0.717) is 0 Å². The van der Waals surface area contributed by atoms with Gasteiger partial charge in [-0.05, 0) is 0 Å². The second-order valence-corrected chi connectivity index (χ2v) is 6.21. The number of aliphatic hydroxyl groups is 4. The van der Waals surface area contributed by atoms with E-state index in [1.54, 1.807) is 0 Å². The van der Waals surface area contributed by atoms with Crippen LogP contribution in [0.5, 0.6) is 0 Å². The molecule has 0 aliphatic carbocycles.